The third-order valence-electron chi connectivity index (χ3n) is 2.00. The van der Waals surface area contributed by atoms with Gasteiger partial charge in [-0.3, -0.25) is 4.99 Å². The predicted molar refractivity (Wildman–Crippen MR) is 53.6 cm³/mol. The zero-order chi connectivity index (χ0) is 9.14. The van der Waals surface area contributed by atoms with Crippen molar-refractivity contribution in [2.45, 2.75) is 34.2 Å². The summed E-state index contributed by atoms with van der Waals surface area (Å²) >= 11 is 1.79. The fourth-order valence-corrected chi connectivity index (χ4v) is 2.33. The molecule has 0 bridgehead atoms. The van der Waals surface area contributed by atoms with Crippen LogP contribution in [0.15, 0.2) is 4.99 Å². The quantitative estimate of drug-likeness (QED) is 0.670. The highest BCUT2D eigenvalue weighted by Crippen LogP contribution is 2.08. The number of thiazole rings is 1. The zero-order valence-corrected chi connectivity index (χ0v) is 9.03. The number of rotatable bonds is 2. The van der Waals surface area contributed by atoms with Crippen LogP contribution in [-0.4, -0.2) is 11.1 Å². The van der Waals surface area contributed by atoms with Gasteiger partial charge in [0, 0.05) is 23.7 Å². The van der Waals surface area contributed by atoms with Gasteiger partial charge in [0.05, 0.1) is 0 Å². The van der Waals surface area contributed by atoms with Crippen LogP contribution in [0.2, 0.25) is 0 Å². The third kappa shape index (κ3) is 1.61. The Kier molecular flexibility index (Phi) is 3.09. The lowest BCUT2D eigenvalue weighted by Gasteiger charge is -1.99. The van der Waals surface area contributed by atoms with Gasteiger partial charge in [0.15, 0.2) is 4.80 Å². The van der Waals surface area contributed by atoms with E-state index in [1.54, 1.807) is 11.3 Å². The van der Waals surface area contributed by atoms with E-state index in [0.29, 0.717) is 0 Å². The highest BCUT2D eigenvalue weighted by molar-refractivity contribution is 7.09. The molecule has 1 aromatic rings. The molecule has 0 aromatic carbocycles. The minimum Gasteiger partial charge on any atom is -0.321 e. The average molecular weight is 184 g/mol. The minimum atomic E-state index is 0.874. The lowest BCUT2D eigenvalue weighted by Crippen LogP contribution is -2.15. The number of nitrogens with zero attached hydrogens (tertiary/aromatic N) is 2. The molecule has 1 heterocycles. The van der Waals surface area contributed by atoms with Crippen LogP contribution in [0.5, 0.6) is 0 Å². The Hall–Kier alpha value is -0.570. The van der Waals surface area contributed by atoms with Gasteiger partial charge in [-0.2, -0.15) is 0 Å². The molecule has 0 unspecified atom stereocenters. The molecule has 0 N–H and O–H groups in total. The molecule has 12 heavy (non-hydrogen) atoms. The van der Waals surface area contributed by atoms with Crippen LogP contribution in [0.4, 0.5) is 0 Å². The van der Waals surface area contributed by atoms with Crippen LogP contribution in [0.25, 0.3) is 0 Å². The molecule has 1 rings (SSSR count). The summed E-state index contributed by atoms with van der Waals surface area (Å²) in [6, 6.07) is 0. The molecular formula is C9H16N2S. The molecule has 0 aliphatic rings. The van der Waals surface area contributed by atoms with Crippen LogP contribution in [0, 0.1) is 13.8 Å². The number of aryl methyl sites for hydroxylation is 1. The predicted octanol–water partition coefficient (Wildman–Crippen LogP) is 2.11. The Balaban J connectivity index is 3.29. The van der Waals surface area contributed by atoms with Crippen LogP contribution in [0.3, 0.4) is 0 Å². The van der Waals surface area contributed by atoms with E-state index in [4.69, 9.17) is 0 Å². The summed E-state index contributed by atoms with van der Waals surface area (Å²) in [6.07, 6.45) is 0. The monoisotopic (exact) mass is 184 g/mol. The van der Waals surface area contributed by atoms with Crippen molar-refractivity contribution in [1.82, 2.24) is 4.57 Å². The van der Waals surface area contributed by atoms with Crippen molar-refractivity contribution in [2.24, 2.45) is 4.99 Å². The van der Waals surface area contributed by atoms with Gasteiger partial charge >= 0.3 is 0 Å². The Bertz CT molecular complexity index is 320. The Labute approximate surface area is 77.6 Å². The van der Waals surface area contributed by atoms with Gasteiger partial charge in [0.25, 0.3) is 0 Å². The molecule has 0 spiro atoms. The zero-order valence-electron chi connectivity index (χ0n) is 8.22. The Morgan fingerprint density at radius 3 is 2.50 bits per heavy atom. The van der Waals surface area contributed by atoms with Gasteiger partial charge in [-0.15, -0.1) is 11.3 Å². The lowest BCUT2D eigenvalue weighted by atomic mass is 10.4. The Morgan fingerprint density at radius 1 is 1.33 bits per heavy atom. The summed E-state index contributed by atoms with van der Waals surface area (Å²) in [4.78, 5) is 6.98. The summed E-state index contributed by atoms with van der Waals surface area (Å²) in [5.41, 5.74) is 1.36. The van der Waals surface area contributed by atoms with E-state index in [-0.39, 0.29) is 0 Å². The van der Waals surface area contributed by atoms with E-state index in [9.17, 15) is 0 Å². The Morgan fingerprint density at radius 2 is 2.00 bits per heavy atom. The van der Waals surface area contributed by atoms with Crippen LogP contribution in [-0.2, 0) is 6.54 Å². The first kappa shape index (κ1) is 9.52. The summed E-state index contributed by atoms with van der Waals surface area (Å²) in [5.74, 6) is 0. The van der Waals surface area contributed by atoms with Crippen molar-refractivity contribution in [3.05, 3.63) is 15.4 Å². The van der Waals surface area contributed by atoms with Crippen LogP contribution < -0.4 is 4.80 Å². The molecule has 0 aliphatic carbocycles. The van der Waals surface area contributed by atoms with Gasteiger partial charge in [-0.25, -0.2) is 0 Å². The maximum atomic E-state index is 4.44. The maximum absolute atomic E-state index is 4.44. The van der Waals surface area contributed by atoms with E-state index >= 15 is 0 Å². The standard InChI is InChI=1S/C9H16N2S/c1-5-10-9-11(6-2)7(3)8(4)12-9/h5-6H2,1-4H3. The second-order valence-electron chi connectivity index (χ2n) is 2.74. The van der Waals surface area contributed by atoms with Crippen molar-refractivity contribution in [3.8, 4) is 0 Å². The molecule has 0 fully saturated rings. The molecule has 0 saturated heterocycles. The molecule has 0 atom stereocenters. The van der Waals surface area contributed by atoms with Crippen molar-refractivity contribution < 1.29 is 0 Å². The SMILES string of the molecule is CCN=c1sc(C)c(C)n1CC. The second-order valence-corrected chi connectivity index (χ2v) is 3.93. The van der Waals surface area contributed by atoms with E-state index in [1.165, 1.54) is 10.6 Å². The number of hydrogen-bond donors (Lipinski definition) is 0. The molecule has 0 amide bonds. The first-order valence-corrected chi connectivity index (χ1v) is 5.19. The fraction of sp³-hybridized carbons (Fsp3) is 0.667. The highest BCUT2D eigenvalue weighted by Gasteiger charge is 2.02. The third-order valence-corrected chi connectivity index (χ3v) is 3.13. The van der Waals surface area contributed by atoms with E-state index in [2.05, 4.69) is 37.3 Å². The molecule has 1 aromatic heterocycles. The van der Waals surface area contributed by atoms with Crippen molar-refractivity contribution in [2.75, 3.05) is 6.54 Å². The molecule has 68 valence electrons. The van der Waals surface area contributed by atoms with Gasteiger partial charge < -0.3 is 4.57 Å². The maximum Gasteiger partial charge on any atom is 0.185 e. The molecule has 0 aliphatic heterocycles. The van der Waals surface area contributed by atoms with Gasteiger partial charge in [-0.1, -0.05) is 0 Å². The molecule has 0 radical (unpaired) electrons. The van der Waals surface area contributed by atoms with Gasteiger partial charge in [-0.05, 0) is 27.7 Å². The van der Waals surface area contributed by atoms with Crippen LogP contribution in [0.1, 0.15) is 24.4 Å². The van der Waals surface area contributed by atoms with Crippen molar-refractivity contribution in [3.63, 3.8) is 0 Å². The smallest absolute Gasteiger partial charge is 0.185 e. The molecule has 3 heteroatoms. The van der Waals surface area contributed by atoms with Gasteiger partial charge in [0.2, 0.25) is 0 Å². The van der Waals surface area contributed by atoms with Crippen LogP contribution >= 0.6 is 11.3 Å². The fourth-order valence-electron chi connectivity index (χ4n) is 1.22. The van der Waals surface area contributed by atoms with Gasteiger partial charge in [0.1, 0.15) is 0 Å². The topological polar surface area (TPSA) is 17.3 Å². The highest BCUT2D eigenvalue weighted by atomic mass is 32.1. The van der Waals surface area contributed by atoms with E-state index < -0.39 is 0 Å². The summed E-state index contributed by atoms with van der Waals surface area (Å²) < 4.78 is 2.27. The summed E-state index contributed by atoms with van der Waals surface area (Å²) in [7, 11) is 0. The first-order chi connectivity index (χ1) is 5.70. The van der Waals surface area contributed by atoms with Crippen molar-refractivity contribution in [1.29, 1.82) is 0 Å². The summed E-state index contributed by atoms with van der Waals surface area (Å²) in [5, 5.41) is 0. The molecule has 2 nitrogen and oxygen atoms in total. The van der Waals surface area contributed by atoms with Crippen molar-refractivity contribution >= 4 is 11.3 Å². The first-order valence-electron chi connectivity index (χ1n) is 4.38. The summed E-state index contributed by atoms with van der Waals surface area (Å²) in [6.45, 7) is 10.4. The van der Waals surface area contributed by atoms with E-state index in [1.807, 2.05) is 0 Å². The average Bonchev–Trinajstić information content (AvgIpc) is 2.29. The largest absolute Gasteiger partial charge is 0.321 e. The lowest BCUT2D eigenvalue weighted by molar-refractivity contribution is 0.701. The number of hydrogen-bond acceptors (Lipinski definition) is 2. The minimum absolute atomic E-state index is 0.874. The van der Waals surface area contributed by atoms with E-state index in [0.717, 1.165) is 17.9 Å². The second kappa shape index (κ2) is 3.90. The molecule has 0 saturated carbocycles. The molecular weight excluding hydrogens is 168 g/mol. The number of aromatic nitrogens is 1. The normalized spacial score (nSPS) is 12.5.